The Labute approximate surface area is 170 Å². The number of methoxy groups -OCH3 is 1. The molecule has 0 radical (unpaired) electrons. The van der Waals surface area contributed by atoms with E-state index in [0.717, 1.165) is 5.69 Å². The molecule has 0 saturated heterocycles. The minimum atomic E-state index is -0.349. The molecule has 3 N–H and O–H groups in total. The maximum Gasteiger partial charge on any atom is 0.224 e. The topological polar surface area (TPSA) is 84.0 Å². The van der Waals surface area contributed by atoms with Crippen molar-refractivity contribution in [2.75, 3.05) is 39.2 Å². The van der Waals surface area contributed by atoms with Gasteiger partial charge in [-0.3, -0.25) is 9.79 Å². The Kier molecular flexibility index (Phi) is 8.75. The number of nitrogens with one attached hydrogen (secondary N) is 3. The van der Waals surface area contributed by atoms with E-state index in [0.29, 0.717) is 42.7 Å². The Morgan fingerprint density at radius 2 is 1.90 bits per heavy atom. The highest BCUT2D eigenvalue weighted by Crippen LogP contribution is 2.30. The molecular weight excluding hydrogens is 375 g/mol. The molecule has 0 aliphatic heterocycles. The van der Waals surface area contributed by atoms with Crippen LogP contribution < -0.4 is 25.4 Å². The second kappa shape index (κ2) is 11.5. The average Bonchev–Trinajstić information content (AvgIpc) is 2.71. The summed E-state index contributed by atoms with van der Waals surface area (Å²) in [4.78, 5) is 16.1. The Morgan fingerprint density at radius 3 is 2.59 bits per heavy atom. The van der Waals surface area contributed by atoms with Crippen molar-refractivity contribution in [1.29, 1.82) is 0 Å². The number of guanidine groups is 1. The lowest BCUT2D eigenvalue weighted by Crippen LogP contribution is -2.38. The Bertz CT molecular complexity index is 842. The predicted octanol–water partition coefficient (Wildman–Crippen LogP) is 2.58. The number of hydrogen-bond acceptors (Lipinski definition) is 4. The first-order chi connectivity index (χ1) is 14.0. The first-order valence-electron chi connectivity index (χ1n) is 9.35. The van der Waals surface area contributed by atoms with E-state index in [1.54, 1.807) is 26.3 Å². The molecule has 0 spiro atoms. The summed E-state index contributed by atoms with van der Waals surface area (Å²) in [5.74, 6) is 1.33. The number of nitrogens with zero attached hydrogens (tertiary/aromatic N) is 1. The highest BCUT2D eigenvalue weighted by molar-refractivity contribution is 5.93. The van der Waals surface area contributed by atoms with Crippen LogP contribution in [0.3, 0.4) is 0 Å². The lowest BCUT2D eigenvalue weighted by Gasteiger charge is -2.15. The van der Waals surface area contributed by atoms with Crippen LogP contribution in [0.15, 0.2) is 47.5 Å². The molecule has 0 bridgehead atoms. The van der Waals surface area contributed by atoms with E-state index in [1.807, 2.05) is 25.1 Å². The molecule has 156 valence electrons. The maximum absolute atomic E-state index is 13.2. The SMILES string of the molecule is CCOc1ccc(NC(=NC)NCCNC(=O)Cc2cccc(F)c2)cc1OC. The van der Waals surface area contributed by atoms with Crippen molar-refractivity contribution in [3.05, 3.63) is 53.8 Å². The van der Waals surface area contributed by atoms with Crippen LogP contribution in [-0.4, -0.2) is 45.7 Å². The number of hydrogen-bond donors (Lipinski definition) is 3. The van der Waals surface area contributed by atoms with Crippen molar-refractivity contribution in [3.8, 4) is 11.5 Å². The van der Waals surface area contributed by atoms with Crippen molar-refractivity contribution in [2.24, 2.45) is 4.99 Å². The first-order valence-corrected chi connectivity index (χ1v) is 9.35. The van der Waals surface area contributed by atoms with Gasteiger partial charge in [0.15, 0.2) is 17.5 Å². The number of anilines is 1. The van der Waals surface area contributed by atoms with Crippen LogP contribution in [0.4, 0.5) is 10.1 Å². The molecule has 0 aromatic heterocycles. The van der Waals surface area contributed by atoms with Crippen molar-refractivity contribution in [2.45, 2.75) is 13.3 Å². The van der Waals surface area contributed by atoms with Crippen molar-refractivity contribution in [1.82, 2.24) is 10.6 Å². The highest BCUT2D eigenvalue weighted by atomic mass is 19.1. The van der Waals surface area contributed by atoms with E-state index in [2.05, 4.69) is 20.9 Å². The number of carbonyl (C=O) groups excluding carboxylic acids is 1. The van der Waals surface area contributed by atoms with Gasteiger partial charge in [-0.15, -0.1) is 0 Å². The monoisotopic (exact) mass is 402 g/mol. The van der Waals surface area contributed by atoms with E-state index in [-0.39, 0.29) is 18.1 Å². The van der Waals surface area contributed by atoms with Crippen LogP contribution >= 0.6 is 0 Å². The zero-order valence-electron chi connectivity index (χ0n) is 16.9. The van der Waals surface area contributed by atoms with E-state index >= 15 is 0 Å². The standard InChI is InChI=1S/C21H27FN4O3/c1-4-29-18-9-8-17(14-19(18)28-3)26-21(23-2)25-11-10-24-20(27)13-15-6-5-7-16(22)12-15/h5-9,12,14H,4,10-11,13H2,1-3H3,(H,24,27)(H2,23,25,26). The number of rotatable bonds is 9. The van der Waals surface area contributed by atoms with Gasteiger partial charge in [0.05, 0.1) is 20.1 Å². The van der Waals surface area contributed by atoms with E-state index in [9.17, 15) is 9.18 Å². The molecule has 2 rings (SSSR count). The third kappa shape index (κ3) is 7.33. The Morgan fingerprint density at radius 1 is 1.10 bits per heavy atom. The molecule has 0 saturated carbocycles. The van der Waals surface area contributed by atoms with Crippen LogP contribution in [0.2, 0.25) is 0 Å². The van der Waals surface area contributed by atoms with Crippen molar-refractivity contribution >= 4 is 17.6 Å². The van der Waals surface area contributed by atoms with E-state index in [1.165, 1.54) is 12.1 Å². The normalized spacial score (nSPS) is 11.0. The van der Waals surface area contributed by atoms with Gasteiger partial charge in [0.1, 0.15) is 5.82 Å². The summed E-state index contributed by atoms with van der Waals surface area (Å²) in [5, 5.41) is 9.06. The number of ether oxygens (including phenoxy) is 2. The lowest BCUT2D eigenvalue weighted by molar-refractivity contribution is -0.120. The smallest absolute Gasteiger partial charge is 0.224 e. The number of aliphatic imine (C=N–C) groups is 1. The zero-order chi connectivity index (χ0) is 21.1. The summed E-state index contributed by atoms with van der Waals surface area (Å²) in [5.41, 5.74) is 1.42. The molecule has 8 heteroatoms. The van der Waals surface area contributed by atoms with Crippen molar-refractivity contribution in [3.63, 3.8) is 0 Å². The molecule has 0 unspecified atom stereocenters. The van der Waals surface area contributed by atoms with Crippen LogP contribution in [0.1, 0.15) is 12.5 Å². The highest BCUT2D eigenvalue weighted by Gasteiger charge is 2.07. The fourth-order valence-corrected chi connectivity index (χ4v) is 2.61. The quantitative estimate of drug-likeness (QED) is 0.341. The van der Waals surface area contributed by atoms with Gasteiger partial charge in [0.25, 0.3) is 0 Å². The molecule has 7 nitrogen and oxygen atoms in total. The second-order valence-electron chi connectivity index (χ2n) is 6.08. The largest absolute Gasteiger partial charge is 0.493 e. The summed E-state index contributed by atoms with van der Waals surface area (Å²) < 4.78 is 24.0. The second-order valence-corrected chi connectivity index (χ2v) is 6.08. The van der Waals surface area contributed by atoms with Crippen LogP contribution in [0.25, 0.3) is 0 Å². The fourth-order valence-electron chi connectivity index (χ4n) is 2.61. The molecule has 0 aliphatic rings. The Hall–Kier alpha value is -3.29. The summed E-state index contributed by atoms with van der Waals surface area (Å²) in [6, 6.07) is 11.5. The van der Waals surface area contributed by atoms with Gasteiger partial charge in [0.2, 0.25) is 5.91 Å². The maximum atomic E-state index is 13.2. The number of amides is 1. The van der Waals surface area contributed by atoms with Gasteiger partial charge in [0, 0.05) is 31.9 Å². The summed E-state index contributed by atoms with van der Waals surface area (Å²) in [6.45, 7) is 3.34. The number of benzene rings is 2. The van der Waals surface area contributed by atoms with E-state index in [4.69, 9.17) is 9.47 Å². The molecule has 29 heavy (non-hydrogen) atoms. The summed E-state index contributed by atoms with van der Waals surface area (Å²) in [6.07, 6.45) is 0.136. The third-order valence-electron chi connectivity index (χ3n) is 3.94. The van der Waals surface area contributed by atoms with Gasteiger partial charge in [-0.2, -0.15) is 0 Å². The number of carbonyl (C=O) groups is 1. The molecule has 0 aliphatic carbocycles. The van der Waals surface area contributed by atoms with Gasteiger partial charge in [-0.25, -0.2) is 4.39 Å². The molecule has 1 amide bonds. The fraction of sp³-hybridized carbons (Fsp3) is 0.333. The van der Waals surface area contributed by atoms with Gasteiger partial charge < -0.3 is 25.4 Å². The molecular formula is C21H27FN4O3. The predicted molar refractivity (Wildman–Crippen MR) is 112 cm³/mol. The van der Waals surface area contributed by atoms with Crippen LogP contribution in [0.5, 0.6) is 11.5 Å². The van der Waals surface area contributed by atoms with Gasteiger partial charge in [-0.05, 0) is 36.8 Å². The minimum absolute atomic E-state index is 0.136. The molecule has 2 aromatic carbocycles. The van der Waals surface area contributed by atoms with Gasteiger partial charge in [-0.1, -0.05) is 12.1 Å². The van der Waals surface area contributed by atoms with E-state index < -0.39 is 0 Å². The van der Waals surface area contributed by atoms with Crippen LogP contribution in [-0.2, 0) is 11.2 Å². The Balaban J connectivity index is 1.78. The van der Waals surface area contributed by atoms with Crippen LogP contribution in [0, 0.1) is 5.82 Å². The van der Waals surface area contributed by atoms with Gasteiger partial charge >= 0.3 is 0 Å². The molecule has 0 atom stereocenters. The molecule has 2 aromatic rings. The first kappa shape index (κ1) is 22.0. The minimum Gasteiger partial charge on any atom is -0.493 e. The zero-order valence-corrected chi connectivity index (χ0v) is 16.9. The lowest BCUT2D eigenvalue weighted by atomic mass is 10.1. The molecule has 0 heterocycles. The third-order valence-corrected chi connectivity index (χ3v) is 3.94. The molecule has 0 fully saturated rings. The number of halogens is 1. The summed E-state index contributed by atoms with van der Waals surface area (Å²) in [7, 11) is 3.24. The summed E-state index contributed by atoms with van der Waals surface area (Å²) >= 11 is 0. The average molecular weight is 402 g/mol. The van der Waals surface area contributed by atoms with Crippen molar-refractivity contribution < 1.29 is 18.7 Å².